The summed E-state index contributed by atoms with van der Waals surface area (Å²) in [6, 6.07) is 7.07. The minimum atomic E-state index is -4.83. The number of alkyl carbamates (subject to hydrolysis) is 1. The largest absolute Gasteiger partial charge is 0.494 e. The molecule has 1 fully saturated rings. The third-order valence-electron chi connectivity index (χ3n) is 6.94. The molecule has 0 saturated carbocycles. The molecular weight excluding hydrogens is 493 g/mol. The highest BCUT2D eigenvalue weighted by molar-refractivity contribution is 5.69. The van der Waals surface area contributed by atoms with Gasteiger partial charge in [-0.2, -0.15) is 18.4 Å². The monoisotopic (exact) mass is 514 g/mol. The number of alkyl halides is 3. The standard InChI is InChI=1S/C25H21F3N4O5/c1-23-10-17(31-22(35)36-12-13-5-7-30-8-6-13)24(2,37-23)19-18(23)20(33)32(21(19)34)15-4-3-14(11-29)16(9-15)25(26,27)28/h3-9,17,33-34H,10,12H2,1-2H3,(H,31,35)/t17-,23-,24+/m1/s1. The van der Waals surface area contributed by atoms with E-state index in [4.69, 9.17) is 14.7 Å². The maximum absolute atomic E-state index is 13.5. The van der Waals surface area contributed by atoms with Crippen LogP contribution in [0.15, 0.2) is 42.7 Å². The van der Waals surface area contributed by atoms with Crippen molar-refractivity contribution in [1.29, 1.82) is 5.26 Å². The Balaban J connectivity index is 1.48. The van der Waals surface area contributed by atoms with Crippen molar-refractivity contribution in [2.75, 3.05) is 0 Å². The van der Waals surface area contributed by atoms with Crippen LogP contribution in [0.3, 0.4) is 0 Å². The zero-order chi connectivity index (χ0) is 26.8. The van der Waals surface area contributed by atoms with Crippen LogP contribution >= 0.6 is 0 Å². The molecule has 2 aliphatic heterocycles. The number of hydrogen-bond donors (Lipinski definition) is 3. The lowest BCUT2D eigenvalue weighted by Crippen LogP contribution is -2.47. The lowest BCUT2D eigenvalue weighted by molar-refractivity contribution is -0.137. The predicted octanol–water partition coefficient (Wildman–Crippen LogP) is 4.33. The van der Waals surface area contributed by atoms with Crippen LogP contribution in [-0.2, 0) is 33.5 Å². The Morgan fingerprint density at radius 2 is 1.92 bits per heavy atom. The van der Waals surface area contributed by atoms with Gasteiger partial charge in [-0.15, -0.1) is 0 Å². The number of carbonyl (C=O) groups excluding carboxylic acids is 1. The van der Waals surface area contributed by atoms with Gasteiger partial charge >= 0.3 is 12.3 Å². The lowest BCUT2D eigenvalue weighted by Gasteiger charge is -2.30. The van der Waals surface area contributed by atoms with E-state index >= 15 is 0 Å². The number of nitriles is 1. The van der Waals surface area contributed by atoms with Crippen LogP contribution in [0.2, 0.25) is 0 Å². The zero-order valence-electron chi connectivity index (χ0n) is 19.6. The topological polar surface area (TPSA) is 130 Å². The molecule has 3 atom stereocenters. The van der Waals surface area contributed by atoms with E-state index in [-0.39, 0.29) is 29.8 Å². The number of benzene rings is 1. The number of carbonyl (C=O) groups is 1. The molecule has 3 aromatic rings. The quantitative estimate of drug-likeness (QED) is 0.473. The molecule has 9 nitrogen and oxygen atoms in total. The van der Waals surface area contributed by atoms with E-state index in [0.717, 1.165) is 16.2 Å². The molecule has 5 rings (SSSR count). The summed E-state index contributed by atoms with van der Waals surface area (Å²) in [6.07, 6.45) is -2.22. The highest BCUT2D eigenvalue weighted by atomic mass is 19.4. The third-order valence-corrected chi connectivity index (χ3v) is 6.94. The predicted molar refractivity (Wildman–Crippen MR) is 121 cm³/mol. The number of fused-ring (bicyclic) bond motifs is 5. The van der Waals surface area contributed by atoms with E-state index in [1.165, 1.54) is 12.1 Å². The van der Waals surface area contributed by atoms with Crippen molar-refractivity contribution in [1.82, 2.24) is 14.9 Å². The number of hydrogen-bond acceptors (Lipinski definition) is 7. The second-order valence-electron chi connectivity index (χ2n) is 9.34. The zero-order valence-corrected chi connectivity index (χ0v) is 19.6. The number of amides is 1. The van der Waals surface area contributed by atoms with Crippen LogP contribution in [0.25, 0.3) is 5.69 Å². The molecule has 3 N–H and O–H groups in total. The van der Waals surface area contributed by atoms with Crippen molar-refractivity contribution < 1.29 is 37.7 Å². The van der Waals surface area contributed by atoms with Crippen molar-refractivity contribution in [3.05, 3.63) is 70.5 Å². The molecule has 12 heteroatoms. The average molecular weight is 514 g/mol. The fraction of sp³-hybridized carbons (Fsp3) is 0.320. The Morgan fingerprint density at radius 3 is 2.57 bits per heavy atom. The SMILES string of the molecule is C[C@]12C[C@@H](NC(=O)OCc3ccncc3)[C@](C)(O1)c1c2c(O)n(-c2ccc(C#N)c(C(F)(F)F)c2)c1O. The first kappa shape index (κ1) is 24.5. The minimum Gasteiger partial charge on any atom is -0.494 e. The van der Waals surface area contributed by atoms with Crippen LogP contribution in [0.4, 0.5) is 18.0 Å². The summed E-state index contributed by atoms with van der Waals surface area (Å²) >= 11 is 0. The van der Waals surface area contributed by atoms with E-state index in [9.17, 15) is 28.2 Å². The molecule has 37 heavy (non-hydrogen) atoms. The fourth-order valence-electron chi connectivity index (χ4n) is 5.31. The summed E-state index contributed by atoms with van der Waals surface area (Å²) in [5.74, 6) is -1.02. The number of aromatic hydroxyl groups is 2. The van der Waals surface area contributed by atoms with E-state index in [1.807, 2.05) is 0 Å². The minimum absolute atomic E-state index is 0.00378. The van der Waals surface area contributed by atoms with E-state index < -0.39 is 52.4 Å². The van der Waals surface area contributed by atoms with Gasteiger partial charge in [-0.1, -0.05) is 0 Å². The van der Waals surface area contributed by atoms with E-state index in [0.29, 0.717) is 6.07 Å². The van der Waals surface area contributed by atoms with Gasteiger partial charge in [0.1, 0.15) is 12.2 Å². The molecule has 2 aliphatic rings. The van der Waals surface area contributed by atoms with E-state index in [2.05, 4.69) is 10.3 Å². The number of nitrogens with zero attached hydrogens (tertiary/aromatic N) is 3. The van der Waals surface area contributed by atoms with Crippen molar-refractivity contribution in [3.8, 4) is 23.5 Å². The highest BCUT2D eigenvalue weighted by Gasteiger charge is 2.65. The summed E-state index contributed by atoms with van der Waals surface area (Å²) in [5.41, 5.74) is -3.35. The Bertz CT molecular complexity index is 1450. The van der Waals surface area contributed by atoms with Gasteiger partial charge in [0.05, 0.1) is 45.7 Å². The normalized spacial score (nSPS) is 23.9. The molecule has 0 aliphatic carbocycles. The van der Waals surface area contributed by atoms with Gasteiger partial charge < -0.3 is 25.0 Å². The molecule has 0 unspecified atom stereocenters. The van der Waals surface area contributed by atoms with Gasteiger partial charge in [-0.3, -0.25) is 9.55 Å². The second kappa shape index (κ2) is 8.14. The summed E-state index contributed by atoms with van der Waals surface area (Å²) < 4.78 is 52.9. The van der Waals surface area contributed by atoms with Crippen molar-refractivity contribution >= 4 is 6.09 Å². The summed E-state index contributed by atoms with van der Waals surface area (Å²) in [6.45, 7) is 3.27. The van der Waals surface area contributed by atoms with Gasteiger partial charge in [0.15, 0.2) is 0 Å². The first-order valence-electron chi connectivity index (χ1n) is 11.2. The molecule has 1 aromatic carbocycles. The fourth-order valence-corrected chi connectivity index (χ4v) is 5.31. The third kappa shape index (κ3) is 3.74. The number of rotatable bonds is 4. The number of nitrogens with one attached hydrogen (secondary N) is 1. The van der Waals surface area contributed by atoms with Crippen LogP contribution in [0, 0.1) is 11.3 Å². The molecule has 1 amide bonds. The molecule has 2 bridgehead atoms. The molecule has 0 spiro atoms. The van der Waals surface area contributed by atoms with Gasteiger partial charge in [0, 0.05) is 18.8 Å². The molecule has 192 valence electrons. The number of ether oxygens (including phenoxy) is 2. The van der Waals surface area contributed by atoms with Crippen LogP contribution in [0.5, 0.6) is 11.8 Å². The van der Waals surface area contributed by atoms with E-state index in [1.54, 1.807) is 38.4 Å². The summed E-state index contributed by atoms with van der Waals surface area (Å²) in [5, 5.41) is 34.0. The maximum Gasteiger partial charge on any atom is 0.417 e. The second-order valence-corrected chi connectivity index (χ2v) is 9.34. The van der Waals surface area contributed by atoms with Crippen LogP contribution in [0.1, 0.15) is 48.1 Å². The smallest absolute Gasteiger partial charge is 0.417 e. The van der Waals surface area contributed by atoms with Crippen molar-refractivity contribution in [3.63, 3.8) is 0 Å². The number of aromatic nitrogens is 2. The van der Waals surface area contributed by atoms with Gasteiger partial charge in [0.25, 0.3) is 0 Å². The molecular formula is C25H21F3N4O5. The Kier molecular flexibility index (Phi) is 5.38. The van der Waals surface area contributed by atoms with Gasteiger partial charge in [-0.05, 0) is 49.7 Å². The van der Waals surface area contributed by atoms with Gasteiger partial charge in [-0.25, -0.2) is 4.79 Å². The lowest BCUT2D eigenvalue weighted by atomic mass is 9.76. The summed E-state index contributed by atoms with van der Waals surface area (Å²) in [4.78, 5) is 16.4. The molecule has 0 radical (unpaired) electrons. The Labute approximate surface area is 208 Å². The average Bonchev–Trinajstić information content (AvgIpc) is 3.37. The van der Waals surface area contributed by atoms with Crippen molar-refractivity contribution in [2.24, 2.45) is 0 Å². The first-order valence-corrected chi connectivity index (χ1v) is 11.2. The molecule has 1 saturated heterocycles. The first-order chi connectivity index (χ1) is 17.4. The molecule has 4 heterocycles. The summed E-state index contributed by atoms with van der Waals surface area (Å²) in [7, 11) is 0. The maximum atomic E-state index is 13.5. The highest BCUT2D eigenvalue weighted by Crippen LogP contribution is 2.64. The Hall–Kier alpha value is -4.24. The molecule has 2 aromatic heterocycles. The number of pyridine rings is 1. The van der Waals surface area contributed by atoms with Crippen LogP contribution in [-0.4, -0.2) is 31.9 Å². The van der Waals surface area contributed by atoms with Crippen molar-refractivity contribution in [2.45, 2.75) is 50.3 Å². The number of halogens is 3. The van der Waals surface area contributed by atoms with Crippen LogP contribution < -0.4 is 5.32 Å². The Morgan fingerprint density at radius 1 is 1.24 bits per heavy atom. The van der Waals surface area contributed by atoms with Gasteiger partial charge in [0.2, 0.25) is 11.8 Å².